The lowest BCUT2D eigenvalue weighted by atomic mass is 10.0. The topological polar surface area (TPSA) is 117 Å². The Morgan fingerprint density at radius 1 is 0.536 bits per heavy atom. The number of hydrogen-bond donors (Lipinski definition) is 2. The van der Waals surface area contributed by atoms with Crippen LogP contribution in [-0.2, 0) is 27.9 Å². The van der Waals surface area contributed by atoms with Gasteiger partial charge in [0.05, 0.1) is 19.8 Å². The van der Waals surface area contributed by atoms with Crippen molar-refractivity contribution in [2.45, 2.75) is 225 Å². The summed E-state index contributed by atoms with van der Waals surface area (Å²) in [6, 6.07) is 0. The van der Waals surface area contributed by atoms with Crippen molar-refractivity contribution in [3.63, 3.8) is 0 Å². The molecule has 0 fully saturated rings. The van der Waals surface area contributed by atoms with Gasteiger partial charge in [0.2, 0.25) is 0 Å². The van der Waals surface area contributed by atoms with E-state index in [-0.39, 0.29) is 32.3 Å². The maximum atomic E-state index is 12.5. The molecule has 0 heterocycles. The quantitative estimate of drug-likeness (QED) is 0.0270. The van der Waals surface area contributed by atoms with Gasteiger partial charge < -0.3 is 20.1 Å². The van der Waals surface area contributed by atoms with Crippen molar-refractivity contribution in [1.29, 1.82) is 0 Å². The fraction of sp³-hybridized carbons (Fsp3) is 0.851. The van der Waals surface area contributed by atoms with Crippen LogP contribution in [0, 0.1) is 0 Å². The molecule has 0 saturated heterocycles. The van der Waals surface area contributed by atoms with Crippen LogP contribution in [-0.4, -0.2) is 49.9 Å². The minimum absolute atomic E-state index is 0.0965. The fourth-order valence-electron chi connectivity index (χ4n) is 6.54. The highest BCUT2D eigenvalue weighted by molar-refractivity contribution is 7.47. The van der Waals surface area contributed by atoms with Crippen molar-refractivity contribution in [2.75, 3.05) is 33.0 Å². The van der Waals surface area contributed by atoms with E-state index in [4.69, 9.17) is 24.3 Å². The molecule has 2 atom stereocenters. The summed E-state index contributed by atoms with van der Waals surface area (Å²) in [4.78, 5) is 22.4. The molecule has 56 heavy (non-hydrogen) atoms. The molecule has 0 aromatic carbocycles. The number of phosphoric acid groups is 1. The normalized spacial score (nSPS) is 13.7. The van der Waals surface area contributed by atoms with E-state index in [2.05, 4.69) is 50.3 Å². The number of unbranched alkanes of at least 4 members (excludes halogenated alkanes) is 26. The van der Waals surface area contributed by atoms with Crippen molar-refractivity contribution < 1.29 is 32.8 Å². The summed E-state index contributed by atoms with van der Waals surface area (Å²) in [5, 5.41) is 0. The van der Waals surface area contributed by atoms with E-state index in [1.54, 1.807) is 0 Å². The summed E-state index contributed by atoms with van der Waals surface area (Å²) in [6.45, 7) is 4.88. The predicted octanol–water partition coefficient (Wildman–Crippen LogP) is 14.2. The Morgan fingerprint density at radius 2 is 0.964 bits per heavy atom. The Hall–Kier alpha value is -1.28. The first-order chi connectivity index (χ1) is 27.4. The van der Waals surface area contributed by atoms with Crippen LogP contribution in [0.1, 0.15) is 219 Å². The maximum Gasteiger partial charge on any atom is 0.472 e. The molecule has 330 valence electrons. The minimum Gasteiger partial charge on any atom is -0.457 e. The first-order valence-corrected chi connectivity index (χ1v) is 25.0. The molecule has 0 radical (unpaired) electrons. The van der Waals surface area contributed by atoms with E-state index in [0.717, 1.165) is 51.4 Å². The van der Waals surface area contributed by atoms with Gasteiger partial charge in [0.1, 0.15) is 6.10 Å². The molecule has 0 bridgehead atoms. The average Bonchev–Trinajstić information content (AvgIpc) is 3.19. The first kappa shape index (κ1) is 54.7. The van der Waals surface area contributed by atoms with Crippen LogP contribution in [0.25, 0.3) is 0 Å². The highest BCUT2D eigenvalue weighted by Crippen LogP contribution is 2.43. The summed E-state index contributed by atoms with van der Waals surface area (Å²) in [5.74, 6) is -0.340. The molecular weight excluding hydrogens is 721 g/mol. The maximum absolute atomic E-state index is 12.5. The second-order valence-electron chi connectivity index (χ2n) is 15.6. The van der Waals surface area contributed by atoms with Gasteiger partial charge in [-0.05, 0) is 64.2 Å². The van der Waals surface area contributed by atoms with Gasteiger partial charge in [-0.15, -0.1) is 0 Å². The molecule has 0 aromatic heterocycles. The van der Waals surface area contributed by atoms with Gasteiger partial charge in [0.15, 0.2) is 0 Å². The third kappa shape index (κ3) is 43.8. The van der Waals surface area contributed by atoms with Gasteiger partial charge in [0, 0.05) is 19.6 Å². The van der Waals surface area contributed by atoms with Crippen molar-refractivity contribution in [2.24, 2.45) is 5.73 Å². The number of esters is 1. The Morgan fingerprint density at radius 3 is 1.46 bits per heavy atom. The zero-order valence-electron chi connectivity index (χ0n) is 36.6. The minimum atomic E-state index is -4.28. The third-order valence-electron chi connectivity index (χ3n) is 10.0. The Balaban J connectivity index is 3.86. The molecule has 0 aliphatic rings. The highest BCUT2D eigenvalue weighted by Gasteiger charge is 2.25. The first-order valence-electron chi connectivity index (χ1n) is 23.5. The molecule has 2 unspecified atom stereocenters. The number of carbonyl (C=O) groups excluding carboxylic acids is 1. The fourth-order valence-corrected chi connectivity index (χ4v) is 7.30. The number of carbonyl (C=O) groups is 1. The number of allylic oxidation sites excluding steroid dienone is 6. The summed E-state index contributed by atoms with van der Waals surface area (Å²) in [7, 11) is -4.28. The lowest BCUT2D eigenvalue weighted by molar-refractivity contribution is -0.154. The molecule has 0 amide bonds. The van der Waals surface area contributed by atoms with E-state index in [0.29, 0.717) is 13.0 Å². The Kier molecular flexibility index (Phi) is 43.8. The predicted molar refractivity (Wildman–Crippen MR) is 238 cm³/mol. The summed E-state index contributed by atoms with van der Waals surface area (Å²) < 4.78 is 33.4. The van der Waals surface area contributed by atoms with Gasteiger partial charge in [-0.25, -0.2) is 4.57 Å². The zero-order valence-corrected chi connectivity index (χ0v) is 37.5. The van der Waals surface area contributed by atoms with Gasteiger partial charge in [0.25, 0.3) is 0 Å². The largest absolute Gasteiger partial charge is 0.472 e. The standard InChI is InChI=1S/C47H90NO7P/c1-3-5-7-9-11-13-15-16-17-18-19-20-21-22-23-24-25-26-27-28-29-31-33-35-37-39-42-52-44-46(45-54-56(50,51)53-43-41-48)55-47(49)40-38-36-34-32-30-14-12-10-8-6-4-2/h10,12,15-16,18-19,46H,3-9,11,13-14,17,20-45,48H2,1-2H3,(H,50,51)/b12-10-,16-15-,19-18-. The monoisotopic (exact) mass is 812 g/mol. The van der Waals surface area contributed by atoms with E-state index in [1.165, 1.54) is 148 Å². The van der Waals surface area contributed by atoms with Gasteiger partial charge in [-0.2, -0.15) is 0 Å². The van der Waals surface area contributed by atoms with E-state index < -0.39 is 13.9 Å². The molecule has 9 heteroatoms. The van der Waals surface area contributed by atoms with Crippen LogP contribution >= 0.6 is 7.82 Å². The number of ether oxygens (including phenoxy) is 2. The Bertz CT molecular complexity index is 957. The van der Waals surface area contributed by atoms with Gasteiger partial charge >= 0.3 is 13.8 Å². The van der Waals surface area contributed by atoms with Crippen LogP contribution in [0.3, 0.4) is 0 Å². The average molecular weight is 812 g/mol. The SMILES string of the molecule is CCCC/C=C\CCCCCCCC(=O)OC(COCCCCCCCCCCCCCCCC/C=C\C/C=C\CCCCCCC)COP(=O)(O)OCCN. The van der Waals surface area contributed by atoms with Crippen LogP contribution in [0.2, 0.25) is 0 Å². The number of nitrogens with two attached hydrogens (primary N) is 1. The number of phosphoric ester groups is 1. The molecule has 0 aliphatic heterocycles. The summed E-state index contributed by atoms with van der Waals surface area (Å²) >= 11 is 0. The molecule has 0 aliphatic carbocycles. The molecule has 0 saturated carbocycles. The smallest absolute Gasteiger partial charge is 0.457 e. The zero-order chi connectivity index (χ0) is 40.9. The number of hydrogen-bond acceptors (Lipinski definition) is 7. The second-order valence-corrected chi connectivity index (χ2v) is 17.1. The highest BCUT2D eigenvalue weighted by atomic mass is 31.2. The molecule has 0 aromatic rings. The van der Waals surface area contributed by atoms with Crippen molar-refractivity contribution in [3.05, 3.63) is 36.5 Å². The molecule has 0 spiro atoms. The second kappa shape index (κ2) is 44.8. The van der Waals surface area contributed by atoms with E-state index in [9.17, 15) is 14.3 Å². The Labute approximate surface area is 346 Å². The summed E-state index contributed by atoms with van der Waals surface area (Å²) in [6.07, 6.45) is 51.8. The van der Waals surface area contributed by atoms with Crippen molar-refractivity contribution in [3.8, 4) is 0 Å². The lowest BCUT2D eigenvalue weighted by Gasteiger charge is -2.20. The number of rotatable bonds is 45. The summed E-state index contributed by atoms with van der Waals surface area (Å²) in [5.41, 5.74) is 5.37. The van der Waals surface area contributed by atoms with Crippen molar-refractivity contribution >= 4 is 13.8 Å². The van der Waals surface area contributed by atoms with Crippen LogP contribution in [0.4, 0.5) is 0 Å². The van der Waals surface area contributed by atoms with Crippen LogP contribution < -0.4 is 5.73 Å². The lowest BCUT2D eigenvalue weighted by Crippen LogP contribution is -2.28. The third-order valence-corrected chi connectivity index (χ3v) is 11.0. The van der Waals surface area contributed by atoms with Crippen LogP contribution in [0.5, 0.6) is 0 Å². The molecule has 3 N–H and O–H groups in total. The van der Waals surface area contributed by atoms with Gasteiger partial charge in [-0.3, -0.25) is 13.8 Å². The molecular formula is C47H90NO7P. The molecule has 0 rings (SSSR count). The van der Waals surface area contributed by atoms with Crippen molar-refractivity contribution in [1.82, 2.24) is 0 Å². The molecule has 8 nitrogen and oxygen atoms in total. The van der Waals surface area contributed by atoms with E-state index in [1.807, 2.05) is 0 Å². The van der Waals surface area contributed by atoms with E-state index >= 15 is 0 Å². The van der Waals surface area contributed by atoms with Gasteiger partial charge in [-0.1, -0.05) is 185 Å². The van der Waals surface area contributed by atoms with Crippen LogP contribution in [0.15, 0.2) is 36.5 Å².